The van der Waals surface area contributed by atoms with E-state index in [1.54, 1.807) is 4.90 Å². The maximum Gasteiger partial charge on any atom is 0.371 e. The van der Waals surface area contributed by atoms with Crippen LogP contribution in [-0.2, 0) is 4.74 Å². The van der Waals surface area contributed by atoms with Crippen molar-refractivity contribution < 1.29 is 23.8 Å². The minimum Gasteiger partial charge on any atom is -0.475 e. The van der Waals surface area contributed by atoms with Crippen LogP contribution in [0.15, 0.2) is 16.5 Å². The summed E-state index contributed by atoms with van der Waals surface area (Å²) in [7, 11) is 0. The summed E-state index contributed by atoms with van der Waals surface area (Å²) in [4.78, 5) is 25.1. The molecule has 0 aromatic carbocycles. The average Bonchev–Trinajstić information content (AvgIpc) is 2.96. The molecular formula is C13H15NO5S. The molecule has 1 amide bonds. The summed E-state index contributed by atoms with van der Waals surface area (Å²) in [6.07, 6.45) is 0.815. The van der Waals surface area contributed by atoms with Crippen LogP contribution in [0, 0.1) is 0 Å². The first-order valence-electron chi connectivity index (χ1n) is 6.50. The molecular weight excluding hydrogens is 282 g/mol. The highest BCUT2D eigenvalue weighted by Gasteiger charge is 2.38. The van der Waals surface area contributed by atoms with E-state index in [1.807, 2.05) is 11.8 Å². The highest BCUT2D eigenvalue weighted by molar-refractivity contribution is 8.00. The zero-order valence-electron chi connectivity index (χ0n) is 10.8. The van der Waals surface area contributed by atoms with Gasteiger partial charge in [0.05, 0.1) is 6.61 Å². The molecule has 7 heteroatoms. The molecule has 0 aliphatic carbocycles. The third-order valence-electron chi connectivity index (χ3n) is 3.62. The van der Waals surface area contributed by atoms with Crippen LogP contribution in [0.1, 0.15) is 27.5 Å². The molecule has 3 rings (SSSR count). The van der Waals surface area contributed by atoms with Crippen LogP contribution in [-0.4, -0.2) is 58.7 Å². The first kappa shape index (κ1) is 13.5. The van der Waals surface area contributed by atoms with Crippen molar-refractivity contribution in [2.75, 3.05) is 25.5 Å². The molecule has 2 fully saturated rings. The Morgan fingerprint density at radius 3 is 2.90 bits per heavy atom. The van der Waals surface area contributed by atoms with Crippen molar-refractivity contribution in [2.24, 2.45) is 0 Å². The number of furan rings is 1. The van der Waals surface area contributed by atoms with Crippen LogP contribution in [0.3, 0.4) is 0 Å². The van der Waals surface area contributed by atoms with Crippen molar-refractivity contribution in [3.8, 4) is 0 Å². The molecule has 2 aliphatic rings. The lowest BCUT2D eigenvalue weighted by atomic mass is 10.1. The summed E-state index contributed by atoms with van der Waals surface area (Å²) >= 11 is 1.83. The minimum absolute atomic E-state index is 0.0968. The van der Waals surface area contributed by atoms with Gasteiger partial charge in [0.2, 0.25) is 5.76 Å². The summed E-state index contributed by atoms with van der Waals surface area (Å²) in [5.74, 6) is -0.636. The normalized spacial score (nSPS) is 26.1. The molecule has 108 valence electrons. The molecule has 3 heterocycles. The fourth-order valence-electron chi connectivity index (χ4n) is 2.65. The third-order valence-corrected chi connectivity index (χ3v) is 4.92. The van der Waals surface area contributed by atoms with E-state index in [-0.39, 0.29) is 23.5 Å². The standard InChI is InChI=1S/C13H15NO5S/c15-12(9-1-2-10(19-9)13(16)17)14-4-6-20-11-7-18-5-3-8(11)14/h1-2,8,11H,3-7H2,(H,16,17). The zero-order valence-corrected chi connectivity index (χ0v) is 11.6. The van der Waals surface area contributed by atoms with Gasteiger partial charge in [-0.15, -0.1) is 0 Å². The monoisotopic (exact) mass is 297 g/mol. The van der Waals surface area contributed by atoms with E-state index in [0.717, 1.165) is 12.2 Å². The third kappa shape index (κ3) is 2.43. The molecule has 0 spiro atoms. The van der Waals surface area contributed by atoms with Gasteiger partial charge in [0, 0.05) is 30.2 Å². The molecule has 0 bridgehead atoms. The highest BCUT2D eigenvalue weighted by Crippen LogP contribution is 2.31. The zero-order chi connectivity index (χ0) is 14.1. The quantitative estimate of drug-likeness (QED) is 0.887. The number of aromatic carboxylic acids is 1. The molecule has 0 saturated carbocycles. The van der Waals surface area contributed by atoms with Gasteiger partial charge in [0.15, 0.2) is 5.76 Å². The predicted molar refractivity (Wildman–Crippen MR) is 72.2 cm³/mol. The Bertz CT molecular complexity index is 527. The smallest absolute Gasteiger partial charge is 0.371 e. The van der Waals surface area contributed by atoms with Crippen LogP contribution >= 0.6 is 11.8 Å². The Balaban J connectivity index is 1.79. The van der Waals surface area contributed by atoms with E-state index < -0.39 is 5.97 Å². The number of rotatable bonds is 2. The minimum atomic E-state index is -1.16. The van der Waals surface area contributed by atoms with Gasteiger partial charge in [-0.2, -0.15) is 11.8 Å². The Morgan fingerprint density at radius 1 is 1.35 bits per heavy atom. The lowest BCUT2D eigenvalue weighted by molar-refractivity contribution is 0.0299. The van der Waals surface area contributed by atoms with Crippen molar-refractivity contribution >= 4 is 23.6 Å². The summed E-state index contributed by atoms with van der Waals surface area (Å²) in [6, 6.07) is 2.89. The van der Waals surface area contributed by atoms with Crippen LogP contribution in [0.5, 0.6) is 0 Å². The number of fused-ring (bicyclic) bond motifs is 1. The van der Waals surface area contributed by atoms with E-state index in [4.69, 9.17) is 14.3 Å². The topological polar surface area (TPSA) is 80.0 Å². The molecule has 2 unspecified atom stereocenters. The van der Waals surface area contributed by atoms with Gasteiger partial charge >= 0.3 is 5.97 Å². The van der Waals surface area contributed by atoms with Crippen molar-refractivity contribution in [3.05, 3.63) is 23.7 Å². The van der Waals surface area contributed by atoms with E-state index in [9.17, 15) is 9.59 Å². The average molecular weight is 297 g/mol. The van der Waals surface area contributed by atoms with Crippen molar-refractivity contribution in [3.63, 3.8) is 0 Å². The van der Waals surface area contributed by atoms with Crippen LogP contribution < -0.4 is 0 Å². The number of hydrogen-bond acceptors (Lipinski definition) is 5. The Hall–Kier alpha value is -1.47. The first-order chi connectivity index (χ1) is 9.66. The largest absolute Gasteiger partial charge is 0.475 e. The second-order valence-corrected chi connectivity index (χ2v) is 6.15. The van der Waals surface area contributed by atoms with Gasteiger partial charge in [0.25, 0.3) is 5.91 Å². The van der Waals surface area contributed by atoms with Gasteiger partial charge in [-0.3, -0.25) is 4.79 Å². The number of amides is 1. The first-order valence-corrected chi connectivity index (χ1v) is 7.55. The Kier molecular flexibility index (Phi) is 3.71. The number of carboxylic acids is 1. The maximum absolute atomic E-state index is 12.5. The number of ether oxygens (including phenoxy) is 1. The molecule has 1 aromatic heterocycles. The van der Waals surface area contributed by atoms with Crippen LogP contribution in [0.4, 0.5) is 0 Å². The van der Waals surface area contributed by atoms with Gasteiger partial charge < -0.3 is 19.2 Å². The number of carbonyl (C=O) groups excluding carboxylic acids is 1. The van der Waals surface area contributed by atoms with Crippen molar-refractivity contribution in [2.45, 2.75) is 17.7 Å². The van der Waals surface area contributed by atoms with E-state index in [0.29, 0.717) is 25.0 Å². The van der Waals surface area contributed by atoms with Gasteiger partial charge in [-0.1, -0.05) is 0 Å². The molecule has 2 aliphatic heterocycles. The Morgan fingerprint density at radius 2 is 2.15 bits per heavy atom. The number of thioether (sulfide) groups is 1. The lowest BCUT2D eigenvalue weighted by Gasteiger charge is -2.42. The van der Waals surface area contributed by atoms with Crippen LogP contribution in [0.2, 0.25) is 0 Å². The molecule has 20 heavy (non-hydrogen) atoms. The summed E-state index contributed by atoms with van der Waals surface area (Å²) in [5.41, 5.74) is 0. The van der Waals surface area contributed by atoms with Crippen molar-refractivity contribution in [1.29, 1.82) is 0 Å². The van der Waals surface area contributed by atoms with Gasteiger partial charge in [0.1, 0.15) is 0 Å². The van der Waals surface area contributed by atoms with Gasteiger partial charge in [-0.05, 0) is 18.6 Å². The van der Waals surface area contributed by atoms with E-state index >= 15 is 0 Å². The maximum atomic E-state index is 12.5. The number of nitrogens with zero attached hydrogens (tertiary/aromatic N) is 1. The van der Waals surface area contributed by atoms with E-state index in [2.05, 4.69) is 0 Å². The summed E-state index contributed by atoms with van der Waals surface area (Å²) in [5, 5.41) is 9.14. The van der Waals surface area contributed by atoms with Crippen LogP contribution in [0.25, 0.3) is 0 Å². The second kappa shape index (κ2) is 5.49. The fraction of sp³-hybridized carbons (Fsp3) is 0.538. The number of carboxylic acid groups (broad SMARTS) is 1. The molecule has 2 saturated heterocycles. The molecule has 2 atom stereocenters. The molecule has 6 nitrogen and oxygen atoms in total. The summed E-state index contributed by atoms with van der Waals surface area (Å²) in [6.45, 7) is 1.98. The highest BCUT2D eigenvalue weighted by atomic mass is 32.2. The SMILES string of the molecule is O=C(O)c1ccc(C(=O)N2CCSC3COCCC32)o1. The van der Waals surface area contributed by atoms with Gasteiger partial charge in [-0.25, -0.2) is 4.79 Å². The number of carbonyl (C=O) groups is 2. The molecule has 1 N–H and O–H groups in total. The fourth-order valence-corrected chi connectivity index (χ4v) is 3.95. The molecule has 1 aromatic rings. The second-order valence-electron chi connectivity index (χ2n) is 4.81. The Labute approximate surface area is 120 Å². The van der Waals surface area contributed by atoms with E-state index in [1.165, 1.54) is 12.1 Å². The summed E-state index contributed by atoms with van der Waals surface area (Å²) < 4.78 is 10.6. The van der Waals surface area contributed by atoms with Crippen molar-refractivity contribution in [1.82, 2.24) is 4.90 Å². The predicted octanol–water partition coefficient (Wildman–Crippen LogP) is 1.32. The molecule has 0 radical (unpaired) electrons. The number of hydrogen-bond donors (Lipinski definition) is 1. The lowest BCUT2D eigenvalue weighted by Crippen LogP contribution is -2.54.